The van der Waals surface area contributed by atoms with Crippen LogP contribution in [-0.4, -0.2) is 31.8 Å². The summed E-state index contributed by atoms with van der Waals surface area (Å²) in [6.07, 6.45) is 2.29. The Kier molecular flexibility index (Phi) is 11.6. The van der Waals surface area contributed by atoms with E-state index in [-0.39, 0.29) is 30.0 Å². The Hall–Kier alpha value is -1.35. The van der Waals surface area contributed by atoms with Crippen LogP contribution in [0.15, 0.2) is 53.5 Å². The molecule has 1 saturated heterocycles. The molecular formula is C24H33ClIN3O2. The van der Waals surface area contributed by atoms with Gasteiger partial charge >= 0.3 is 0 Å². The molecule has 170 valence electrons. The highest BCUT2D eigenvalue weighted by molar-refractivity contribution is 14.0. The molecule has 2 aromatic carbocycles. The number of benzene rings is 2. The third-order valence-electron chi connectivity index (χ3n) is 5.17. The highest BCUT2D eigenvalue weighted by Gasteiger charge is 2.14. The Labute approximate surface area is 208 Å². The maximum absolute atomic E-state index is 6.33. The van der Waals surface area contributed by atoms with Gasteiger partial charge in [-0.1, -0.05) is 54.1 Å². The van der Waals surface area contributed by atoms with Gasteiger partial charge in [0.05, 0.1) is 25.3 Å². The number of ether oxygens (including phenoxy) is 2. The zero-order valence-electron chi connectivity index (χ0n) is 18.3. The Morgan fingerprint density at radius 2 is 1.81 bits per heavy atom. The minimum atomic E-state index is 0. The van der Waals surface area contributed by atoms with Crippen molar-refractivity contribution in [2.75, 3.05) is 19.8 Å². The number of aliphatic imine (C=N–C) groups is 1. The van der Waals surface area contributed by atoms with Gasteiger partial charge in [0, 0.05) is 24.8 Å². The fraction of sp³-hybridized carbons (Fsp3) is 0.458. The minimum Gasteiger partial charge on any atom is -0.381 e. The summed E-state index contributed by atoms with van der Waals surface area (Å²) in [5, 5.41) is 7.50. The summed E-state index contributed by atoms with van der Waals surface area (Å²) in [5.74, 6) is 0.775. The lowest BCUT2D eigenvalue weighted by Gasteiger charge is -2.22. The van der Waals surface area contributed by atoms with E-state index in [1.807, 2.05) is 24.3 Å². The summed E-state index contributed by atoms with van der Waals surface area (Å²) < 4.78 is 11.4. The Morgan fingerprint density at radius 1 is 1.13 bits per heavy atom. The fourth-order valence-corrected chi connectivity index (χ4v) is 3.70. The molecule has 1 unspecified atom stereocenters. The van der Waals surface area contributed by atoms with Crippen molar-refractivity contribution < 1.29 is 9.47 Å². The van der Waals surface area contributed by atoms with Crippen LogP contribution in [0, 0.1) is 0 Å². The average Bonchev–Trinajstić information content (AvgIpc) is 2.78. The number of rotatable bonds is 8. The molecule has 0 aliphatic carbocycles. The van der Waals surface area contributed by atoms with Gasteiger partial charge in [0.15, 0.2) is 5.96 Å². The van der Waals surface area contributed by atoms with Gasteiger partial charge < -0.3 is 20.1 Å². The van der Waals surface area contributed by atoms with Crippen LogP contribution in [0.2, 0.25) is 5.02 Å². The Balaban J connectivity index is 0.00000341. The molecule has 1 aliphatic rings. The first-order valence-corrected chi connectivity index (χ1v) is 11.1. The molecule has 1 atom stereocenters. The van der Waals surface area contributed by atoms with Crippen molar-refractivity contribution in [1.82, 2.24) is 10.6 Å². The van der Waals surface area contributed by atoms with E-state index in [9.17, 15) is 0 Å². The maximum Gasteiger partial charge on any atom is 0.192 e. The van der Waals surface area contributed by atoms with Crippen molar-refractivity contribution in [3.05, 3.63) is 70.2 Å². The molecular weight excluding hydrogens is 525 g/mol. The van der Waals surface area contributed by atoms with E-state index < -0.39 is 0 Å². The summed E-state index contributed by atoms with van der Waals surface area (Å²) in [7, 11) is 0. The molecule has 0 radical (unpaired) electrons. The van der Waals surface area contributed by atoms with Crippen molar-refractivity contribution in [1.29, 1.82) is 0 Å². The largest absolute Gasteiger partial charge is 0.381 e. The molecule has 3 rings (SSSR count). The monoisotopic (exact) mass is 557 g/mol. The zero-order chi connectivity index (χ0) is 21.2. The van der Waals surface area contributed by atoms with E-state index >= 15 is 0 Å². The topological polar surface area (TPSA) is 54.9 Å². The number of nitrogens with zero attached hydrogens (tertiary/aromatic N) is 1. The van der Waals surface area contributed by atoms with Gasteiger partial charge in [-0.2, -0.15) is 0 Å². The summed E-state index contributed by atoms with van der Waals surface area (Å²) >= 11 is 6.33. The van der Waals surface area contributed by atoms with Crippen molar-refractivity contribution in [3.8, 4) is 0 Å². The van der Waals surface area contributed by atoms with Crippen LogP contribution >= 0.6 is 35.6 Å². The van der Waals surface area contributed by atoms with Gasteiger partial charge in [0.1, 0.15) is 0 Å². The lowest BCUT2D eigenvalue weighted by molar-refractivity contribution is -0.0390. The highest BCUT2D eigenvalue weighted by atomic mass is 127. The molecule has 0 aromatic heterocycles. The first-order chi connectivity index (χ1) is 14.7. The van der Waals surface area contributed by atoms with E-state index in [1.54, 1.807) is 0 Å². The van der Waals surface area contributed by atoms with E-state index in [0.717, 1.165) is 54.7 Å². The smallest absolute Gasteiger partial charge is 0.192 e. The first kappa shape index (κ1) is 25.9. The van der Waals surface area contributed by atoms with Crippen LogP contribution in [0.4, 0.5) is 0 Å². The molecule has 0 spiro atoms. The zero-order valence-corrected chi connectivity index (χ0v) is 21.4. The van der Waals surface area contributed by atoms with Gasteiger partial charge in [-0.15, -0.1) is 24.0 Å². The van der Waals surface area contributed by atoms with Gasteiger partial charge in [-0.25, -0.2) is 4.99 Å². The normalized spacial score (nSPS) is 15.8. The molecule has 2 N–H and O–H groups in total. The number of hydrogen-bond donors (Lipinski definition) is 2. The van der Waals surface area contributed by atoms with Crippen LogP contribution in [0.1, 0.15) is 49.4 Å². The molecule has 0 amide bonds. The average molecular weight is 558 g/mol. The second kappa shape index (κ2) is 13.9. The Morgan fingerprint density at radius 3 is 2.48 bits per heavy atom. The van der Waals surface area contributed by atoms with Crippen molar-refractivity contribution >= 4 is 41.5 Å². The van der Waals surface area contributed by atoms with Crippen LogP contribution in [0.5, 0.6) is 0 Å². The van der Waals surface area contributed by atoms with E-state index in [2.05, 4.69) is 48.7 Å². The van der Waals surface area contributed by atoms with Crippen molar-refractivity contribution in [2.24, 2.45) is 4.99 Å². The molecule has 1 fully saturated rings. The van der Waals surface area contributed by atoms with E-state index in [4.69, 9.17) is 26.1 Å². The molecule has 0 bridgehead atoms. The van der Waals surface area contributed by atoms with Crippen LogP contribution in [-0.2, 0) is 22.6 Å². The Bertz CT molecular complexity index is 811. The minimum absolute atomic E-state index is 0. The maximum atomic E-state index is 6.33. The van der Waals surface area contributed by atoms with Gasteiger partial charge in [0.25, 0.3) is 0 Å². The van der Waals surface area contributed by atoms with E-state index in [1.165, 1.54) is 5.56 Å². The SMILES string of the molecule is CCNC(=NCc1ccc(COC2CCOCC2)cc1)NC(C)c1ccccc1Cl.I. The predicted octanol–water partition coefficient (Wildman–Crippen LogP) is 5.47. The van der Waals surface area contributed by atoms with Crippen LogP contribution in [0.25, 0.3) is 0 Å². The molecule has 2 aromatic rings. The molecule has 7 heteroatoms. The first-order valence-electron chi connectivity index (χ1n) is 10.7. The highest BCUT2D eigenvalue weighted by Crippen LogP contribution is 2.22. The number of nitrogens with one attached hydrogen (secondary N) is 2. The summed E-state index contributed by atoms with van der Waals surface area (Å²) in [6, 6.07) is 16.4. The molecule has 1 heterocycles. The lowest BCUT2D eigenvalue weighted by Crippen LogP contribution is -2.38. The molecule has 1 aliphatic heterocycles. The van der Waals surface area contributed by atoms with Gasteiger partial charge in [-0.05, 0) is 49.4 Å². The predicted molar refractivity (Wildman–Crippen MR) is 138 cm³/mol. The summed E-state index contributed by atoms with van der Waals surface area (Å²) in [6.45, 7) is 7.80. The summed E-state index contributed by atoms with van der Waals surface area (Å²) in [4.78, 5) is 4.73. The number of halogens is 2. The lowest BCUT2D eigenvalue weighted by atomic mass is 10.1. The number of guanidine groups is 1. The summed E-state index contributed by atoms with van der Waals surface area (Å²) in [5.41, 5.74) is 3.40. The molecule has 5 nitrogen and oxygen atoms in total. The standard InChI is InChI=1S/C24H32ClN3O2.HI/c1-3-26-24(28-18(2)22-6-4-5-7-23(22)25)27-16-19-8-10-20(11-9-19)17-30-21-12-14-29-15-13-21;/h4-11,18,21H,3,12-17H2,1-2H3,(H2,26,27,28);1H. The third-order valence-corrected chi connectivity index (χ3v) is 5.51. The quantitative estimate of drug-likeness (QED) is 0.257. The molecule has 0 saturated carbocycles. The third kappa shape index (κ3) is 8.60. The van der Waals surface area contributed by atoms with E-state index in [0.29, 0.717) is 19.3 Å². The van der Waals surface area contributed by atoms with Crippen LogP contribution in [0.3, 0.4) is 0 Å². The fourth-order valence-electron chi connectivity index (χ4n) is 3.40. The van der Waals surface area contributed by atoms with Gasteiger partial charge in [0.2, 0.25) is 0 Å². The second-order valence-electron chi connectivity index (χ2n) is 7.52. The van der Waals surface area contributed by atoms with Crippen LogP contribution < -0.4 is 10.6 Å². The van der Waals surface area contributed by atoms with Gasteiger partial charge in [-0.3, -0.25) is 0 Å². The number of hydrogen-bond acceptors (Lipinski definition) is 3. The molecule has 31 heavy (non-hydrogen) atoms. The second-order valence-corrected chi connectivity index (χ2v) is 7.93. The van der Waals surface area contributed by atoms with Crippen molar-refractivity contribution in [3.63, 3.8) is 0 Å². The van der Waals surface area contributed by atoms with Crippen molar-refractivity contribution in [2.45, 2.75) is 52.0 Å².